The van der Waals surface area contributed by atoms with E-state index in [-0.39, 0.29) is 12.5 Å². The van der Waals surface area contributed by atoms with Crippen molar-refractivity contribution in [3.63, 3.8) is 0 Å². The third-order valence-corrected chi connectivity index (χ3v) is 8.09. The van der Waals surface area contributed by atoms with Gasteiger partial charge in [0.1, 0.15) is 0 Å². The molecule has 0 aromatic carbocycles. The van der Waals surface area contributed by atoms with Gasteiger partial charge in [-0.3, -0.25) is 4.79 Å². The highest BCUT2D eigenvalue weighted by atomic mass is 16.2. The first-order valence-electron chi connectivity index (χ1n) is 17.2. The highest BCUT2D eigenvalue weighted by molar-refractivity contribution is 5.77. The quantitative estimate of drug-likeness (QED) is 0.0920. The van der Waals surface area contributed by atoms with Gasteiger partial charge >= 0.3 is 0 Å². The molecular weight excluding hydrogens is 452 g/mol. The molecule has 0 rings (SSSR count). The van der Waals surface area contributed by atoms with Crippen LogP contribution in [-0.2, 0) is 4.79 Å². The summed E-state index contributed by atoms with van der Waals surface area (Å²) in [4.78, 5) is 14.3. The molecule has 222 valence electrons. The van der Waals surface area contributed by atoms with Crippen molar-refractivity contribution in [2.24, 2.45) is 5.73 Å². The standard InChI is InChI=1S/C34H70N2O/c1-3-5-7-9-11-13-15-17-19-21-23-25-27-29-31-36(34(37)33-35)32-30-28-26-24-22-20-18-16-14-12-10-8-6-4-2/h3-33,35H2,1-2H3. The molecule has 0 radical (unpaired) electrons. The Balaban J connectivity index is 3.51. The van der Waals surface area contributed by atoms with E-state index in [0.29, 0.717) is 0 Å². The van der Waals surface area contributed by atoms with Crippen molar-refractivity contribution in [3.05, 3.63) is 0 Å². The minimum Gasteiger partial charge on any atom is -0.342 e. The topological polar surface area (TPSA) is 46.3 Å². The summed E-state index contributed by atoms with van der Waals surface area (Å²) in [6, 6.07) is 0. The van der Waals surface area contributed by atoms with Crippen LogP contribution in [0.5, 0.6) is 0 Å². The van der Waals surface area contributed by atoms with Crippen LogP contribution in [0.15, 0.2) is 0 Å². The molecule has 0 aliphatic heterocycles. The smallest absolute Gasteiger partial charge is 0.236 e. The van der Waals surface area contributed by atoms with Gasteiger partial charge in [-0.15, -0.1) is 0 Å². The number of carbonyl (C=O) groups is 1. The molecule has 0 fully saturated rings. The normalized spacial score (nSPS) is 11.3. The number of nitrogens with zero attached hydrogens (tertiary/aromatic N) is 1. The number of unbranched alkanes of at least 4 members (excludes halogenated alkanes) is 26. The number of rotatable bonds is 31. The Morgan fingerprint density at radius 1 is 0.405 bits per heavy atom. The van der Waals surface area contributed by atoms with Crippen LogP contribution in [0.2, 0.25) is 0 Å². The predicted molar refractivity (Wildman–Crippen MR) is 166 cm³/mol. The molecule has 1 amide bonds. The Hall–Kier alpha value is -0.570. The summed E-state index contributed by atoms with van der Waals surface area (Å²) < 4.78 is 0. The minimum atomic E-state index is 0.143. The molecule has 37 heavy (non-hydrogen) atoms. The van der Waals surface area contributed by atoms with Crippen molar-refractivity contribution in [2.45, 2.75) is 194 Å². The van der Waals surface area contributed by atoms with Gasteiger partial charge in [-0.1, -0.05) is 181 Å². The number of nitrogens with two attached hydrogens (primary N) is 1. The van der Waals surface area contributed by atoms with E-state index in [1.54, 1.807) is 0 Å². The van der Waals surface area contributed by atoms with E-state index in [1.165, 1.54) is 167 Å². The highest BCUT2D eigenvalue weighted by Crippen LogP contribution is 2.15. The zero-order valence-corrected chi connectivity index (χ0v) is 25.9. The van der Waals surface area contributed by atoms with Crippen molar-refractivity contribution >= 4 is 5.91 Å². The van der Waals surface area contributed by atoms with E-state index in [4.69, 9.17) is 5.73 Å². The molecule has 0 saturated carbocycles. The maximum absolute atomic E-state index is 12.2. The Kier molecular flexibility index (Phi) is 31.2. The lowest BCUT2D eigenvalue weighted by atomic mass is 10.0. The van der Waals surface area contributed by atoms with E-state index in [2.05, 4.69) is 13.8 Å². The van der Waals surface area contributed by atoms with E-state index in [9.17, 15) is 4.79 Å². The fourth-order valence-corrected chi connectivity index (χ4v) is 5.48. The van der Waals surface area contributed by atoms with Crippen LogP contribution in [0.1, 0.15) is 194 Å². The summed E-state index contributed by atoms with van der Waals surface area (Å²) in [5, 5.41) is 0. The lowest BCUT2D eigenvalue weighted by Crippen LogP contribution is -2.37. The molecule has 3 heteroatoms. The number of hydrogen-bond donors (Lipinski definition) is 1. The van der Waals surface area contributed by atoms with Gasteiger partial charge in [-0.2, -0.15) is 0 Å². The molecule has 0 aliphatic carbocycles. The third kappa shape index (κ3) is 28.3. The zero-order valence-electron chi connectivity index (χ0n) is 25.9. The van der Waals surface area contributed by atoms with Gasteiger partial charge in [0.15, 0.2) is 0 Å². The molecule has 0 aromatic rings. The largest absolute Gasteiger partial charge is 0.342 e. The highest BCUT2D eigenvalue weighted by Gasteiger charge is 2.10. The van der Waals surface area contributed by atoms with E-state index < -0.39 is 0 Å². The molecule has 0 aliphatic rings. The van der Waals surface area contributed by atoms with Crippen LogP contribution < -0.4 is 5.73 Å². The lowest BCUT2D eigenvalue weighted by Gasteiger charge is -2.22. The van der Waals surface area contributed by atoms with Crippen molar-refractivity contribution in [1.82, 2.24) is 4.90 Å². The summed E-state index contributed by atoms with van der Waals surface area (Å²) in [6.07, 6.45) is 38.5. The maximum Gasteiger partial charge on any atom is 0.236 e. The molecule has 0 saturated heterocycles. The van der Waals surface area contributed by atoms with E-state index in [1.807, 2.05) is 4.90 Å². The predicted octanol–water partition coefficient (Wildman–Crippen LogP) is 10.7. The summed E-state index contributed by atoms with van der Waals surface area (Å²) in [5.74, 6) is 0.143. The minimum absolute atomic E-state index is 0.143. The fraction of sp³-hybridized carbons (Fsp3) is 0.971. The second-order valence-electron chi connectivity index (χ2n) is 11.8. The summed E-state index contributed by atoms with van der Waals surface area (Å²) >= 11 is 0. The first-order chi connectivity index (χ1) is 18.3. The van der Waals surface area contributed by atoms with Gasteiger partial charge in [0.2, 0.25) is 5.91 Å². The molecule has 0 heterocycles. The van der Waals surface area contributed by atoms with Crippen LogP contribution in [0.3, 0.4) is 0 Å². The van der Waals surface area contributed by atoms with Gasteiger partial charge in [-0.05, 0) is 12.8 Å². The number of amides is 1. The Morgan fingerprint density at radius 3 is 0.838 bits per heavy atom. The van der Waals surface area contributed by atoms with Gasteiger partial charge < -0.3 is 10.6 Å². The molecule has 3 nitrogen and oxygen atoms in total. The Morgan fingerprint density at radius 2 is 0.622 bits per heavy atom. The number of carbonyl (C=O) groups excluding carboxylic acids is 1. The molecule has 0 unspecified atom stereocenters. The molecule has 0 spiro atoms. The molecule has 0 bridgehead atoms. The van der Waals surface area contributed by atoms with Crippen molar-refractivity contribution in [3.8, 4) is 0 Å². The van der Waals surface area contributed by atoms with E-state index in [0.717, 1.165) is 25.9 Å². The summed E-state index contributed by atoms with van der Waals surface area (Å²) in [6.45, 7) is 6.56. The average Bonchev–Trinajstić information content (AvgIpc) is 2.91. The summed E-state index contributed by atoms with van der Waals surface area (Å²) in [7, 11) is 0. The Bertz CT molecular complexity index is 408. The van der Waals surface area contributed by atoms with Crippen LogP contribution in [0, 0.1) is 0 Å². The molecular formula is C34H70N2O. The second kappa shape index (κ2) is 31.6. The summed E-state index contributed by atoms with van der Waals surface area (Å²) in [5.41, 5.74) is 5.68. The first-order valence-corrected chi connectivity index (χ1v) is 17.2. The van der Waals surface area contributed by atoms with Crippen LogP contribution in [0.25, 0.3) is 0 Å². The van der Waals surface area contributed by atoms with Crippen LogP contribution >= 0.6 is 0 Å². The van der Waals surface area contributed by atoms with E-state index >= 15 is 0 Å². The van der Waals surface area contributed by atoms with Crippen LogP contribution in [-0.4, -0.2) is 30.4 Å². The van der Waals surface area contributed by atoms with Crippen molar-refractivity contribution < 1.29 is 4.79 Å². The lowest BCUT2D eigenvalue weighted by molar-refractivity contribution is -0.129. The Labute approximate surface area is 234 Å². The van der Waals surface area contributed by atoms with Gasteiger partial charge in [0.25, 0.3) is 0 Å². The second-order valence-corrected chi connectivity index (χ2v) is 11.8. The molecule has 0 atom stereocenters. The van der Waals surface area contributed by atoms with Gasteiger partial charge in [0, 0.05) is 13.1 Å². The maximum atomic E-state index is 12.2. The van der Waals surface area contributed by atoms with Gasteiger partial charge in [-0.25, -0.2) is 0 Å². The van der Waals surface area contributed by atoms with Crippen molar-refractivity contribution in [2.75, 3.05) is 19.6 Å². The first kappa shape index (κ1) is 36.4. The molecule has 2 N–H and O–H groups in total. The van der Waals surface area contributed by atoms with Crippen LogP contribution in [0.4, 0.5) is 0 Å². The number of hydrogen-bond acceptors (Lipinski definition) is 2. The zero-order chi connectivity index (χ0) is 27.1. The van der Waals surface area contributed by atoms with Crippen molar-refractivity contribution in [1.29, 1.82) is 0 Å². The third-order valence-electron chi connectivity index (χ3n) is 8.09. The fourth-order valence-electron chi connectivity index (χ4n) is 5.48. The average molecular weight is 523 g/mol. The SMILES string of the molecule is CCCCCCCCCCCCCCCCN(CCCCCCCCCCCCCCCC)C(=O)CN. The molecule has 0 aromatic heterocycles. The monoisotopic (exact) mass is 523 g/mol. The van der Waals surface area contributed by atoms with Gasteiger partial charge in [0.05, 0.1) is 6.54 Å².